The number of aromatic nitrogens is 1. The Balaban J connectivity index is 3.17. The highest BCUT2D eigenvalue weighted by molar-refractivity contribution is 5.88. The van der Waals surface area contributed by atoms with Gasteiger partial charge < -0.3 is 15.3 Å². The number of aryl methyl sites for hydroxylation is 1. The number of aliphatic carboxylic acids is 1. The lowest BCUT2D eigenvalue weighted by atomic mass is 10.0. The predicted molar refractivity (Wildman–Crippen MR) is 70.4 cm³/mol. The fraction of sp³-hybridized carbons (Fsp3) is 0.462. The maximum absolute atomic E-state index is 11.0. The number of hydrogen-bond acceptors (Lipinski definition) is 5. The zero-order chi connectivity index (χ0) is 14.6. The Bertz CT molecular complexity index is 498. The van der Waals surface area contributed by atoms with Gasteiger partial charge in [0.2, 0.25) is 0 Å². The molecule has 6 heteroatoms. The van der Waals surface area contributed by atoms with Crippen LogP contribution in [-0.4, -0.2) is 38.5 Å². The minimum absolute atomic E-state index is 0.0943. The molecular formula is C13H18N2O4. The number of hydrogen-bond donors (Lipinski definition) is 3. The predicted octanol–water partition coefficient (Wildman–Crippen LogP) is 1.12. The first-order valence-corrected chi connectivity index (χ1v) is 5.92. The first-order valence-electron chi connectivity index (χ1n) is 5.92. The SMILES string of the molecule is Cc1ncc(CO)c(C=N[C@H](C(=O)O)C(C)C)c1O. The molecule has 19 heavy (non-hydrogen) atoms. The quantitative estimate of drug-likeness (QED) is 0.693. The molecule has 1 atom stereocenters. The van der Waals surface area contributed by atoms with Crippen molar-refractivity contribution < 1.29 is 20.1 Å². The molecule has 1 heterocycles. The fourth-order valence-corrected chi connectivity index (χ4v) is 1.60. The molecule has 0 saturated carbocycles. The van der Waals surface area contributed by atoms with E-state index in [-0.39, 0.29) is 18.3 Å². The molecule has 0 aromatic carbocycles. The van der Waals surface area contributed by atoms with Crippen molar-refractivity contribution in [2.75, 3.05) is 0 Å². The van der Waals surface area contributed by atoms with Crippen LogP contribution in [0.3, 0.4) is 0 Å². The summed E-state index contributed by atoms with van der Waals surface area (Å²) in [5, 5.41) is 28.1. The summed E-state index contributed by atoms with van der Waals surface area (Å²) in [6, 6.07) is -0.889. The summed E-state index contributed by atoms with van der Waals surface area (Å²) in [4.78, 5) is 18.9. The first-order chi connectivity index (χ1) is 8.88. The summed E-state index contributed by atoms with van der Waals surface area (Å²) >= 11 is 0. The summed E-state index contributed by atoms with van der Waals surface area (Å²) < 4.78 is 0. The topological polar surface area (TPSA) is 103 Å². The number of carbonyl (C=O) groups is 1. The molecule has 3 N–H and O–H groups in total. The zero-order valence-corrected chi connectivity index (χ0v) is 11.2. The molecule has 0 aliphatic heterocycles. The third-order valence-electron chi connectivity index (χ3n) is 2.78. The number of nitrogens with zero attached hydrogens (tertiary/aromatic N) is 2. The van der Waals surface area contributed by atoms with Gasteiger partial charge in [-0.1, -0.05) is 13.8 Å². The van der Waals surface area contributed by atoms with Gasteiger partial charge in [-0.25, -0.2) is 4.79 Å². The Labute approximate surface area is 111 Å². The summed E-state index contributed by atoms with van der Waals surface area (Å²) in [5.41, 5.74) is 1.11. The van der Waals surface area contributed by atoms with Crippen LogP contribution in [0.15, 0.2) is 11.2 Å². The highest BCUT2D eigenvalue weighted by Crippen LogP contribution is 2.22. The second-order valence-electron chi connectivity index (χ2n) is 4.59. The van der Waals surface area contributed by atoms with E-state index in [2.05, 4.69) is 9.98 Å². The van der Waals surface area contributed by atoms with Crippen molar-refractivity contribution in [3.8, 4) is 5.75 Å². The number of rotatable bonds is 5. The lowest BCUT2D eigenvalue weighted by molar-refractivity contribution is -0.139. The van der Waals surface area contributed by atoms with Crippen LogP contribution in [0.2, 0.25) is 0 Å². The summed E-state index contributed by atoms with van der Waals surface area (Å²) in [6.45, 7) is 4.81. The van der Waals surface area contributed by atoms with Gasteiger partial charge in [0.05, 0.1) is 12.3 Å². The van der Waals surface area contributed by atoms with E-state index in [1.165, 1.54) is 12.4 Å². The van der Waals surface area contributed by atoms with E-state index in [1.54, 1.807) is 20.8 Å². The van der Waals surface area contributed by atoms with Gasteiger partial charge in [0.1, 0.15) is 11.8 Å². The van der Waals surface area contributed by atoms with Gasteiger partial charge in [-0.15, -0.1) is 0 Å². The number of aromatic hydroxyl groups is 1. The molecule has 0 fully saturated rings. The molecule has 1 aromatic rings. The van der Waals surface area contributed by atoms with Crippen LogP contribution in [-0.2, 0) is 11.4 Å². The Morgan fingerprint density at radius 3 is 2.63 bits per heavy atom. The van der Waals surface area contributed by atoms with E-state index in [0.717, 1.165) is 0 Å². The van der Waals surface area contributed by atoms with E-state index in [0.29, 0.717) is 16.8 Å². The maximum atomic E-state index is 11.0. The van der Waals surface area contributed by atoms with Crippen LogP contribution >= 0.6 is 0 Å². The van der Waals surface area contributed by atoms with E-state index in [1.807, 2.05) is 0 Å². The van der Waals surface area contributed by atoms with E-state index < -0.39 is 12.0 Å². The molecule has 6 nitrogen and oxygen atoms in total. The zero-order valence-electron chi connectivity index (χ0n) is 11.2. The third-order valence-corrected chi connectivity index (χ3v) is 2.78. The van der Waals surface area contributed by atoms with E-state index in [9.17, 15) is 15.0 Å². The van der Waals surface area contributed by atoms with Gasteiger partial charge in [-0.05, 0) is 12.8 Å². The standard InChI is InChI=1S/C13H18N2O4/c1-7(2)11(13(18)19)15-5-10-9(6-16)4-14-8(3)12(10)17/h4-5,7,11,16-17H,6H2,1-3H3,(H,18,19)/t11-/m0/s1. The van der Waals surface area contributed by atoms with Gasteiger partial charge in [-0.2, -0.15) is 0 Å². The maximum Gasteiger partial charge on any atom is 0.328 e. The second kappa shape index (κ2) is 6.29. The van der Waals surface area contributed by atoms with E-state index >= 15 is 0 Å². The van der Waals surface area contributed by atoms with Crippen molar-refractivity contribution in [3.05, 3.63) is 23.0 Å². The van der Waals surface area contributed by atoms with Crippen LogP contribution in [0.4, 0.5) is 0 Å². The van der Waals surface area contributed by atoms with Gasteiger partial charge in [0.25, 0.3) is 0 Å². The van der Waals surface area contributed by atoms with Gasteiger partial charge in [0.15, 0.2) is 0 Å². The monoisotopic (exact) mass is 266 g/mol. The molecule has 0 radical (unpaired) electrons. The summed E-state index contributed by atoms with van der Waals surface area (Å²) in [7, 11) is 0. The molecule has 0 unspecified atom stereocenters. The van der Waals surface area contributed by atoms with Crippen molar-refractivity contribution in [2.24, 2.45) is 10.9 Å². The molecule has 104 valence electrons. The third kappa shape index (κ3) is 3.51. The van der Waals surface area contributed by atoms with Crippen LogP contribution < -0.4 is 0 Å². The lowest BCUT2D eigenvalue weighted by Gasteiger charge is -2.12. The lowest BCUT2D eigenvalue weighted by Crippen LogP contribution is -2.24. The summed E-state index contributed by atoms with van der Waals surface area (Å²) in [5.74, 6) is -1.29. The number of aliphatic hydroxyl groups is 1. The molecule has 0 aliphatic carbocycles. The molecule has 0 bridgehead atoms. The molecule has 1 aromatic heterocycles. The average Bonchev–Trinajstić information content (AvgIpc) is 2.33. The fourth-order valence-electron chi connectivity index (χ4n) is 1.60. The normalized spacial score (nSPS) is 13.1. The van der Waals surface area contributed by atoms with E-state index in [4.69, 9.17) is 5.11 Å². The van der Waals surface area contributed by atoms with Gasteiger partial charge in [0, 0.05) is 23.5 Å². The summed E-state index contributed by atoms with van der Waals surface area (Å²) in [6.07, 6.45) is 2.72. The van der Waals surface area contributed by atoms with Crippen molar-refractivity contribution in [2.45, 2.75) is 33.4 Å². The Hall–Kier alpha value is -1.95. The number of aliphatic hydroxyl groups excluding tert-OH is 1. The highest BCUT2D eigenvalue weighted by Gasteiger charge is 2.20. The molecule has 1 rings (SSSR count). The van der Waals surface area contributed by atoms with Crippen LogP contribution in [0.1, 0.15) is 30.7 Å². The Kier molecular flexibility index (Phi) is 5.00. The molecular weight excluding hydrogens is 248 g/mol. The van der Waals surface area contributed by atoms with Crippen molar-refractivity contribution in [3.63, 3.8) is 0 Å². The Morgan fingerprint density at radius 2 is 2.16 bits per heavy atom. The molecule has 0 aliphatic rings. The van der Waals surface area contributed by atoms with Crippen molar-refractivity contribution in [1.29, 1.82) is 0 Å². The molecule has 0 saturated heterocycles. The minimum atomic E-state index is -1.03. The largest absolute Gasteiger partial charge is 0.505 e. The van der Waals surface area contributed by atoms with Crippen molar-refractivity contribution in [1.82, 2.24) is 4.98 Å². The van der Waals surface area contributed by atoms with Crippen LogP contribution in [0, 0.1) is 12.8 Å². The van der Waals surface area contributed by atoms with Crippen LogP contribution in [0.5, 0.6) is 5.75 Å². The Morgan fingerprint density at radius 1 is 1.53 bits per heavy atom. The van der Waals surface area contributed by atoms with Crippen LogP contribution in [0.25, 0.3) is 0 Å². The smallest absolute Gasteiger partial charge is 0.328 e. The minimum Gasteiger partial charge on any atom is -0.505 e. The molecule has 0 amide bonds. The van der Waals surface area contributed by atoms with Gasteiger partial charge >= 0.3 is 5.97 Å². The molecule has 0 spiro atoms. The average molecular weight is 266 g/mol. The number of pyridine rings is 1. The van der Waals surface area contributed by atoms with Gasteiger partial charge in [-0.3, -0.25) is 9.98 Å². The van der Waals surface area contributed by atoms with Crippen molar-refractivity contribution >= 4 is 12.2 Å². The highest BCUT2D eigenvalue weighted by atomic mass is 16.4. The first kappa shape index (κ1) is 15.1. The number of aliphatic imine (C=N–C) groups is 1. The number of carboxylic acid groups (broad SMARTS) is 1. The number of carboxylic acids is 1. The second-order valence-corrected chi connectivity index (χ2v) is 4.59.